The van der Waals surface area contributed by atoms with Crippen LogP contribution in [-0.2, 0) is 0 Å². The molecule has 3 heteroatoms. The number of benzene rings is 1. The summed E-state index contributed by atoms with van der Waals surface area (Å²) in [5.41, 5.74) is 1.18. The van der Waals surface area contributed by atoms with Crippen LogP contribution in [0.5, 0.6) is 5.75 Å². The lowest BCUT2D eigenvalue weighted by molar-refractivity contribution is 0.242. The van der Waals surface area contributed by atoms with Crippen LogP contribution in [0.25, 0.3) is 0 Å². The predicted molar refractivity (Wildman–Crippen MR) is 81.1 cm³/mol. The van der Waals surface area contributed by atoms with Gasteiger partial charge in [-0.2, -0.15) is 0 Å². The molecule has 0 aliphatic carbocycles. The van der Waals surface area contributed by atoms with Crippen molar-refractivity contribution in [2.24, 2.45) is 0 Å². The maximum atomic E-state index is 5.68. The van der Waals surface area contributed by atoms with E-state index in [1.165, 1.54) is 5.56 Å². The van der Waals surface area contributed by atoms with Gasteiger partial charge in [-0.05, 0) is 56.6 Å². The summed E-state index contributed by atoms with van der Waals surface area (Å²) in [4.78, 5) is 0. The molecule has 0 fully saturated rings. The van der Waals surface area contributed by atoms with Crippen LogP contribution in [0, 0.1) is 0 Å². The maximum absolute atomic E-state index is 5.68. The predicted octanol–water partition coefficient (Wildman–Crippen LogP) is 4.16. The highest BCUT2D eigenvalue weighted by Gasteiger charge is 2.15. The van der Waals surface area contributed by atoms with Gasteiger partial charge in [-0.25, -0.2) is 0 Å². The number of hydrogen-bond donors (Lipinski definition) is 1. The minimum atomic E-state index is 0.0954. The Bertz CT molecular complexity index is 488. The van der Waals surface area contributed by atoms with Gasteiger partial charge in [0.05, 0.1) is 18.4 Å². The summed E-state index contributed by atoms with van der Waals surface area (Å²) >= 11 is 0. The van der Waals surface area contributed by atoms with Crippen LogP contribution in [0.3, 0.4) is 0 Å². The fourth-order valence-corrected chi connectivity index (χ4v) is 2.14. The summed E-state index contributed by atoms with van der Waals surface area (Å²) in [7, 11) is 0. The number of furan rings is 1. The highest BCUT2D eigenvalue weighted by molar-refractivity contribution is 5.32. The fraction of sp³-hybridized carbons (Fsp3) is 0.412. The normalized spacial score (nSPS) is 12.6. The fourth-order valence-electron chi connectivity index (χ4n) is 2.14. The molecule has 1 atom stereocenters. The van der Waals surface area contributed by atoms with E-state index in [-0.39, 0.29) is 12.1 Å². The zero-order valence-corrected chi connectivity index (χ0v) is 12.4. The first-order valence-electron chi connectivity index (χ1n) is 7.24. The van der Waals surface area contributed by atoms with E-state index in [2.05, 4.69) is 24.4 Å². The van der Waals surface area contributed by atoms with E-state index in [0.29, 0.717) is 0 Å². The Labute approximate surface area is 121 Å². The van der Waals surface area contributed by atoms with Crippen molar-refractivity contribution >= 4 is 0 Å². The monoisotopic (exact) mass is 273 g/mol. The second kappa shape index (κ2) is 7.15. The minimum Gasteiger partial charge on any atom is -0.491 e. The van der Waals surface area contributed by atoms with E-state index >= 15 is 0 Å². The average Bonchev–Trinajstić information content (AvgIpc) is 2.94. The largest absolute Gasteiger partial charge is 0.491 e. The van der Waals surface area contributed by atoms with Crippen molar-refractivity contribution in [2.75, 3.05) is 6.54 Å². The maximum Gasteiger partial charge on any atom is 0.125 e. The van der Waals surface area contributed by atoms with Gasteiger partial charge in [0.2, 0.25) is 0 Å². The van der Waals surface area contributed by atoms with Crippen molar-refractivity contribution in [1.29, 1.82) is 0 Å². The highest BCUT2D eigenvalue weighted by atomic mass is 16.5. The lowest BCUT2D eigenvalue weighted by Gasteiger charge is -2.17. The van der Waals surface area contributed by atoms with Crippen LogP contribution in [0.15, 0.2) is 47.1 Å². The first kappa shape index (κ1) is 14.7. The summed E-state index contributed by atoms with van der Waals surface area (Å²) in [5, 5.41) is 3.51. The quantitative estimate of drug-likeness (QED) is 0.822. The number of nitrogens with one attached hydrogen (secondary N) is 1. The Hall–Kier alpha value is -1.74. The standard InChI is InChI=1S/C17H23NO2/c1-4-11-18-17(16-6-5-12-19-16)14-7-9-15(10-8-14)20-13(2)3/h5-10,12-13,17-18H,4,11H2,1-3H3. The smallest absolute Gasteiger partial charge is 0.125 e. The third kappa shape index (κ3) is 3.87. The van der Waals surface area contributed by atoms with Crippen LogP contribution in [-0.4, -0.2) is 12.6 Å². The van der Waals surface area contributed by atoms with Gasteiger partial charge in [-0.15, -0.1) is 0 Å². The van der Waals surface area contributed by atoms with Gasteiger partial charge in [-0.3, -0.25) is 0 Å². The lowest BCUT2D eigenvalue weighted by atomic mass is 10.0. The average molecular weight is 273 g/mol. The van der Waals surface area contributed by atoms with Crippen LogP contribution in [0.1, 0.15) is 44.6 Å². The molecule has 0 bridgehead atoms. The molecule has 3 nitrogen and oxygen atoms in total. The molecule has 0 spiro atoms. The molecule has 1 unspecified atom stereocenters. The molecule has 2 aromatic rings. The van der Waals surface area contributed by atoms with Crippen LogP contribution in [0.2, 0.25) is 0 Å². The molecule has 1 heterocycles. The van der Waals surface area contributed by atoms with Crippen molar-refractivity contribution in [3.63, 3.8) is 0 Å². The Morgan fingerprint density at radius 2 is 1.90 bits per heavy atom. The van der Waals surface area contributed by atoms with Gasteiger partial charge in [0, 0.05) is 0 Å². The molecule has 0 aliphatic rings. The van der Waals surface area contributed by atoms with Crippen molar-refractivity contribution in [3.05, 3.63) is 54.0 Å². The molecule has 1 aromatic carbocycles. The molecular formula is C17H23NO2. The highest BCUT2D eigenvalue weighted by Crippen LogP contribution is 2.24. The molecule has 20 heavy (non-hydrogen) atoms. The van der Waals surface area contributed by atoms with Crippen molar-refractivity contribution in [2.45, 2.75) is 39.3 Å². The molecule has 0 radical (unpaired) electrons. The second-order valence-corrected chi connectivity index (χ2v) is 5.14. The van der Waals surface area contributed by atoms with Gasteiger partial charge < -0.3 is 14.5 Å². The molecule has 108 valence electrons. The number of rotatable bonds is 7. The first-order valence-corrected chi connectivity index (χ1v) is 7.24. The summed E-state index contributed by atoms with van der Waals surface area (Å²) in [6.45, 7) is 7.17. The van der Waals surface area contributed by atoms with Crippen molar-refractivity contribution in [1.82, 2.24) is 5.32 Å². The third-order valence-electron chi connectivity index (χ3n) is 3.01. The molecule has 0 saturated carbocycles. The summed E-state index contributed by atoms with van der Waals surface area (Å²) < 4.78 is 11.2. The van der Waals surface area contributed by atoms with Gasteiger partial charge in [0.1, 0.15) is 11.5 Å². The molecule has 1 N–H and O–H groups in total. The molecule has 1 aromatic heterocycles. The van der Waals surface area contributed by atoms with Crippen molar-refractivity contribution < 1.29 is 9.15 Å². The van der Waals surface area contributed by atoms with Crippen molar-refractivity contribution in [3.8, 4) is 5.75 Å². The van der Waals surface area contributed by atoms with E-state index in [9.17, 15) is 0 Å². The topological polar surface area (TPSA) is 34.4 Å². The third-order valence-corrected chi connectivity index (χ3v) is 3.01. The van der Waals surface area contributed by atoms with Crippen LogP contribution < -0.4 is 10.1 Å². The van der Waals surface area contributed by atoms with Gasteiger partial charge in [0.15, 0.2) is 0 Å². The van der Waals surface area contributed by atoms with Gasteiger partial charge in [0.25, 0.3) is 0 Å². The lowest BCUT2D eigenvalue weighted by Crippen LogP contribution is -2.22. The number of hydrogen-bond acceptors (Lipinski definition) is 3. The van der Waals surface area contributed by atoms with E-state index in [0.717, 1.165) is 24.5 Å². The molecule has 0 amide bonds. The second-order valence-electron chi connectivity index (χ2n) is 5.14. The van der Waals surface area contributed by atoms with Crippen LogP contribution >= 0.6 is 0 Å². The molecule has 0 aliphatic heterocycles. The number of ether oxygens (including phenoxy) is 1. The summed E-state index contributed by atoms with van der Waals surface area (Å²) in [6, 6.07) is 12.2. The van der Waals surface area contributed by atoms with E-state index < -0.39 is 0 Å². The van der Waals surface area contributed by atoms with E-state index in [4.69, 9.17) is 9.15 Å². The minimum absolute atomic E-state index is 0.0954. The molecular weight excluding hydrogens is 250 g/mol. The SMILES string of the molecule is CCCNC(c1ccc(OC(C)C)cc1)c1ccco1. The summed E-state index contributed by atoms with van der Waals surface area (Å²) in [5.74, 6) is 1.84. The Morgan fingerprint density at radius 3 is 2.45 bits per heavy atom. The molecule has 0 saturated heterocycles. The zero-order chi connectivity index (χ0) is 14.4. The summed E-state index contributed by atoms with van der Waals surface area (Å²) in [6.07, 6.45) is 3.00. The Balaban J connectivity index is 2.16. The molecule has 2 rings (SSSR count). The Morgan fingerprint density at radius 1 is 1.15 bits per heavy atom. The van der Waals surface area contributed by atoms with Crippen LogP contribution in [0.4, 0.5) is 0 Å². The van der Waals surface area contributed by atoms with Gasteiger partial charge >= 0.3 is 0 Å². The van der Waals surface area contributed by atoms with Gasteiger partial charge in [-0.1, -0.05) is 19.1 Å². The van der Waals surface area contributed by atoms with E-state index in [1.54, 1.807) is 6.26 Å². The zero-order valence-electron chi connectivity index (χ0n) is 12.4. The first-order chi connectivity index (χ1) is 9.70. The van der Waals surface area contributed by atoms with E-state index in [1.807, 2.05) is 38.1 Å². The Kier molecular flexibility index (Phi) is 5.24.